The molecule has 1 aliphatic rings. The van der Waals surface area contributed by atoms with Crippen LogP contribution in [0.15, 0.2) is 36.5 Å². The van der Waals surface area contributed by atoms with Crippen molar-refractivity contribution >= 4 is 28.6 Å². The van der Waals surface area contributed by atoms with Crippen LogP contribution in [0, 0.1) is 6.92 Å². The number of benzene rings is 1. The lowest BCUT2D eigenvalue weighted by Crippen LogP contribution is -2.31. The molecule has 1 aliphatic heterocycles. The fourth-order valence-electron chi connectivity index (χ4n) is 3.45. The molecule has 150 valence electrons. The Kier molecular flexibility index (Phi) is 5.79. The van der Waals surface area contributed by atoms with Gasteiger partial charge in [0, 0.05) is 32.2 Å². The van der Waals surface area contributed by atoms with Crippen LogP contribution in [-0.4, -0.2) is 52.0 Å². The minimum atomic E-state index is -0.238. The summed E-state index contributed by atoms with van der Waals surface area (Å²) in [5, 5.41) is 6.14. The van der Waals surface area contributed by atoms with Crippen molar-refractivity contribution in [3.8, 4) is 0 Å². The number of piperidine rings is 1. The lowest BCUT2D eigenvalue weighted by atomic mass is 10.1. The van der Waals surface area contributed by atoms with Crippen molar-refractivity contribution in [2.24, 2.45) is 0 Å². The number of nitrogens with one attached hydrogen (secondary N) is 2. The van der Waals surface area contributed by atoms with Crippen molar-refractivity contribution in [2.75, 3.05) is 36.4 Å². The predicted octanol–water partition coefficient (Wildman–Crippen LogP) is 2.56. The molecule has 2 aromatic heterocycles. The average molecular weight is 391 g/mol. The molecule has 0 aliphatic carbocycles. The maximum atomic E-state index is 12.3. The molecule has 0 spiro atoms. The molecule has 3 aromatic rings. The molecule has 0 radical (unpaired) electrons. The third-order valence-electron chi connectivity index (χ3n) is 4.90. The Morgan fingerprint density at radius 2 is 1.83 bits per heavy atom. The Bertz CT molecular complexity index is 1000. The van der Waals surface area contributed by atoms with Crippen LogP contribution >= 0.6 is 0 Å². The summed E-state index contributed by atoms with van der Waals surface area (Å²) in [5.74, 6) is 2.25. The van der Waals surface area contributed by atoms with Crippen LogP contribution in [0.4, 0.5) is 11.6 Å². The summed E-state index contributed by atoms with van der Waals surface area (Å²) in [5.41, 5.74) is 1.79. The van der Waals surface area contributed by atoms with Crippen LogP contribution in [0.25, 0.3) is 11.0 Å². The summed E-state index contributed by atoms with van der Waals surface area (Å²) >= 11 is 0. The van der Waals surface area contributed by atoms with E-state index in [1.807, 2.05) is 37.3 Å². The standard InChI is InChI=1S/C21H25N7O/c1-15-25-19(13-20(26-15)28-11-5-2-6-12-28)22-9-10-23-21(29)18-14-24-16-7-3-4-8-17(16)27-18/h3-4,7-8,13-14H,2,5-6,9-12H2,1H3,(H,23,29)(H,22,25,26). The van der Waals surface area contributed by atoms with Gasteiger partial charge in [-0.15, -0.1) is 0 Å². The number of fused-ring (bicyclic) bond motifs is 1. The summed E-state index contributed by atoms with van der Waals surface area (Å²) in [7, 11) is 0. The second kappa shape index (κ2) is 8.81. The van der Waals surface area contributed by atoms with E-state index in [1.165, 1.54) is 25.5 Å². The van der Waals surface area contributed by atoms with Crippen molar-refractivity contribution in [1.29, 1.82) is 0 Å². The van der Waals surface area contributed by atoms with Crippen LogP contribution in [0.2, 0.25) is 0 Å². The second-order valence-electron chi connectivity index (χ2n) is 7.13. The van der Waals surface area contributed by atoms with Gasteiger partial charge in [0.1, 0.15) is 23.2 Å². The Morgan fingerprint density at radius 3 is 2.66 bits per heavy atom. The Balaban J connectivity index is 1.31. The van der Waals surface area contributed by atoms with Crippen LogP contribution in [-0.2, 0) is 0 Å². The van der Waals surface area contributed by atoms with Crippen molar-refractivity contribution < 1.29 is 4.79 Å². The highest BCUT2D eigenvalue weighted by Gasteiger charge is 2.14. The third-order valence-corrected chi connectivity index (χ3v) is 4.90. The number of rotatable bonds is 6. The summed E-state index contributed by atoms with van der Waals surface area (Å²) in [4.78, 5) is 32.3. The van der Waals surface area contributed by atoms with Gasteiger partial charge in [0.05, 0.1) is 17.2 Å². The van der Waals surface area contributed by atoms with E-state index in [2.05, 4.69) is 35.5 Å². The molecule has 8 nitrogen and oxygen atoms in total. The van der Waals surface area contributed by atoms with E-state index < -0.39 is 0 Å². The van der Waals surface area contributed by atoms with Crippen LogP contribution in [0.5, 0.6) is 0 Å². The number of para-hydroxylation sites is 2. The van der Waals surface area contributed by atoms with Crippen molar-refractivity contribution in [3.63, 3.8) is 0 Å². The van der Waals surface area contributed by atoms with Gasteiger partial charge in [0.15, 0.2) is 0 Å². The van der Waals surface area contributed by atoms with Gasteiger partial charge in [0.2, 0.25) is 0 Å². The molecule has 1 aromatic carbocycles. The highest BCUT2D eigenvalue weighted by molar-refractivity contribution is 5.93. The highest BCUT2D eigenvalue weighted by atomic mass is 16.1. The van der Waals surface area contributed by atoms with Gasteiger partial charge < -0.3 is 15.5 Å². The summed E-state index contributed by atoms with van der Waals surface area (Å²) < 4.78 is 0. The zero-order valence-electron chi connectivity index (χ0n) is 16.6. The maximum absolute atomic E-state index is 12.3. The molecule has 1 saturated heterocycles. The molecule has 29 heavy (non-hydrogen) atoms. The number of aryl methyl sites for hydroxylation is 1. The molecule has 0 unspecified atom stereocenters. The maximum Gasteiger partial charge on any atom is 0.271 e. The van der Waals surface area contributed by atoms with Gasteiger partial charge in [-0.25, -0.2) is 15.0 Å². The highest BCUT2D eigenvalue weighted by Crippen LogP contribution is 2.20. The van der Waals surface area contributed by atoms with Gasteiger partial charge in [-0.3, -0.25) is 9.78 Å². The first-order valence-corrected chi connectivity index (χ1v) is 10.0. The van der Waals surface area contributed by atoms with Gasteiger partial charge in [-0.1, -0.05) is 12.1 Å². The van der Waals surface area contributed by atoms with Gasteiger partial charge >= 0.3 is 0 Å². The molecule has 0 bridgehead atoms. The SMILES string of the molecule is Cc1nc(NCCNC(=O)c2cnc3ccccc3n2)cc(N2CCCCC2)n1. The second-order valence-corrected chi connectivity index (χ2v) is 7.13. The number of aromatic nitrogens is 4. The van der Waals surface area contributed by atoms with E-state index in [4.69, 9.17) is 0 Å². The smallest absolute Gasteiger partial charge is 0.271 e. The van der Waals surface area contributed by atoms with E-state index >= 15 is 0 Å². The zero-order valence-corrected chi connectivity index (χ0v) is 16.6. The number of hydrogen-bond donors (Lipinski definition) is 2. The van der Waals surface area contributed by atoms with E-state index in [9.17, 15) is 4.79 Å². The van der Waals surface area contributed by atoms with Gasteiger partial charge in [-0.05, 0) is 38.3 Å². The lowest BCUT2D eigenvalue weighted by molar-refractivity contribution is 0.0950. The van der Waals surface area contributed by atoms with Crippen molar-refractivity contribution in [3.05, 3.63) is 48.0 Å². The summed E-state index contributed by atoms with van der Waals surface area (Å²) in [6, 6.07) is 9.47. The monoisotopic (exact) mass is 391 g/mol. The predicted molar refractivity (Wildman–Crippen MR) is 113 cm³/mol. The largest absolute Gasteiger partial charge is 0.368 e. The molecule has 1 fully saturated rings. The van der Waals surface area contributed by atoms with E-state index in [-0.39, 0.29) is 5.91 Å². The fourth-order valence-corrected chi connectivity index (χ4v) is 3.45. The molecule has 4 rings (SSSR count). The first kappa shape index (κ1) is 19.0. The minimum Gasteiger partial charge on any atom is -0.368 e. The zero-order chi connectivity index (χ0) is 20.1. The average Bonchev–Trinajstić information content (AvgIpc) is 2.76. The van der Waals surface area contributed by atoms with Crippen LogP contribution in [0.1, 0.15) is 35.6 Å². The normalized spacial score (nSPS) is 14.0. The van der Waals surface area contributed by atoms with Crippen molar-refractivity contribution in [2.45, 2.75) is 26.2 Å². The molecular weight excluding hydrogens is 366 g/mol. The van der Waals surface area contributed by atoms with E-state index in [0.29, 0.717) is 24.3 Å². The van der Waals surface area contributed by atoms with E-state index in [1.54, 1.807) is 0 Å². The topological polar surface area (TPSA) is 95.9 Å². The molecule has 0 saturated carbocycles. The Labute approximate surface area is 169 Å². The minimum absolute atomic E-state index is 0.238. The number of carbonyl (C=O) groups excluding carboxylic acids is 1. The number of amides is 1. The quantitative estimate of drug-likeness (QED) is 0.624. The molecule has 2 N–H and O–H groups in total. The molecule has 3 heterocycles. The van der Waals surface area contributed by atoms with E-state index in [0.717, 1.165) is 36.1 Å². The Hall–Kier alpha value is -3.29. The first-order valence-electron chi connectivity index (χ1n) is 10.0. The number of hydrogen-bond acceptors (Lipinski definition) is 7. The Morgan fingerprint density at radius 1 is 1.03 bits per heavy atom. The fraction of sp³-hybridized carbons (Fsp3) is 0.381. The molecular formula is C21H25N7O. The van der Waals surface area contributed by atoms with Crippen LogP contribution < -0.4 is 15.5 Å². The molecule has 0 atom stereocenters. The van der Waals surface area contributed by atoms with Gasteiger partial charge in [0.25, 0.3) is 5.91 Å². The number of nitrogens with zero attached hydrogens (tertiary/aromatic N) is 5. The number of anilines is 2. The summed E-state index contributed by atoms with van der Waals surface area (Å²) in [6.45, 7) is 4.99. The first-order chi connectivity index (χ1) is 14.2. The summed E-state index contributed by atoms with van der Waals surface area (Å²) in [6.07, 6.45) is 5.20. The van der Waals surface area contributed by atoms with Crippen LogP contribution in [0.3, 0.4) is 0 Å². The van der Waals surface area contributed by atoms with Crippen molar-refractivity contribution in [1.82, 2.24) is 25.3 Å². The molecule has 8 heteroatoms. The lowest BCUT2D eigenvalue weighted by Gasteiger charge is -2.28. The van der Waals surface area contributed by atoms with Gasteiger partial charge in [-0.2, -0.15) is 0 Å². The molecule has 1 amide bonds. The third kappa shape index (κ3) is 4.77. The number of carbonyl (C=O) groups is 1.